The molecule has 3 aromatic heterocycles. The molecule has 0 saturated heterocycles. The van der Waals surface area contributed by atoms with Gasteiger partial charge in [0, 0.05) is 42.3 Å². The van der Waals surface area contributed by atoms with Crippen LogP contribution in [0.5, 0.6) is 0 Å². The van der Waals surface area contributed by atoms with Crippen LogP contribution in [-0.2, 0) is 17.6 Å². The Balaban J connectivity index is 1.60. The number of halogens is 1. The summed E-state index contributed by atoms with van der Waals surface area (Å²) in [6, 6.07) is 15.6. The van der Waals surface area contributed by atoms with Crippen molar-refractivity contribution in [1.82, 2.24) is 25.3 Å². The Morgan fingerprint density at radius 1 is 1.00 bits per heavy atom. The van der Waals surface area contributed by atoms with Gasteiger partial charge >= 0.3 is 0 Å². The third-order valence-corrected chi connectivity index (χ3v) is 4.84. The highest BCUT2D eigenvalue weighted by atomic mass is 19.1. The van der Waals surface area contributed by atoms with Crippen LogP contribution in [0.2, 0.25) is 0 Å². The summed E-state index contributed by atoms with van der Waals surface area (Å²) in [6.07, 6.45) is 5.20. The van der Waals surface area contributed by atoms with Gasteiger partial charge in [0.2, 0.25) is 5.91 Å². The SMILES string of the molecule is O=C(Cc1ccccn1)N[C@H](Cc1cc(=O)[nH]c(-c2ccncc2)n1)c1ccc(F)cc1. The second-order valence-electron chi connectivity index (χ2n) is 7.19. The molecule has 7 nitrogen and oxygen atoms in total. The van der Waals surface area contributed by atoms with Gasteiger partial charge in [-0.05, 0) is 42.0 Å². The van der Waals surface area contributed by atoms with Crippen molar-refractivity contribution in [2.45, 2.75) is 18.9 Å². The Kier molecular flexibility index (Phi) is 6.41. The van der Waals surface area contributed by atoms with Crippen LogP contribution in [0.3, 0.4) is 0 Å². The zero-order valence-corrected chi connectivity index (χ0v) is 17.0. The van der Waals surface area contributed by atoms with Gasteiger partial charge in [-0.3, -0.25) is 19.6 Å². The van der Waals surface area contributed by atoms with E-state index in [1.54, 1.807) is 55.0 Å². The average Bonchev–Trinajstić information content (AvgIpc) is 2.80. The highest BCUT2D eigenvalue weighted by Gasteiger charge is 2.18. The van der Waals surface area contributed by atoms with Crippen molar-refractivity contribution in [3.63, 3.8) is 0 Å². The van der Waals surface area contributed by atoms with Crippen LogP contribution in [0.15, 0.2) is 84.0 Å². The van der Waals surface area contributed by atoms with E-state index in [0.717, 1.165) is 5.56 Å². The number of nitrogens with zero attached hydrogens (tertiary/aromatic N) is 3. The summed E-state index contributed by atoms with van der Waals surface area (Å²) in [4.78, 5) is 40.4. The molecule has 4 rings (SSSR count). The predicted octanol–water partition coefficient (Wildman–Crippen LogP) is 3.01. The molecule has 0 bridgehead atoms. The van der Waals surface area contributed by atoms with Crippen LogP contribution in [0.4, 0.5) is 4.39 Å². The fraction of sp³-hybridized carbons (Fsp3) is 0.125. The predicted molar refractivity (Wildman–Crippen MR) is 117 cm³/mol. The number of carbonyl (C=O) groups excluding carboxylic acids is 1. The largest absolute Gasteiger partial charge is 0.349 e. The fourth-order valence-corrected chi connectivity index (χ4v) is 3.33. The number of aromatic nitrogens is 4. The lowest BCUT2D eigenvalue weighted by molar-refractivity contribution is -0.121. The molecule has 4 aromatic rings. The maximum atomic E-state index is 13.5. The lowest BCUT2D eigenvalue weighted by Crippen LogP contribution is -2.32. The normalized spacial score (nSPS) is 11.7. The van der Waals surface area contributed by atoms with Crippen LogP contribution in [0.1, 0.15) is 23.0 Å². The lowest BCUT2D eigenvalue weighted by Gasteiger charge is -2.19. The average molecular weight is 429 g/mol. The van der Waals surface area contributed by atoms with Gasteiger partial charge in [0.15, 0.2) is 0 Å². The van der Waals surface area contributed by atoms with E-state index in [-0.39, 0.29) is 30.1 Å². The summed E-state index contributed by atoms with van der Waals surface area (Å²) >= 11 is 0. The van der Waals surface area contributed by atoms with Crippen molar-refractivity contribution >= 4 is 5.91 Å². The van der Waals surface area contributed by atoms with Crippen LogP contribution in [0.25, 0.3) is 11.4 Å². The third kappa shape index (κ3) is 5.48. The van der Waals surface area contributed by atoms with E-state index in [4.69, 9.17) is 0 Å². The molecule has 0 radical (unpaired) electrons. The van der Waals surface area contributed by atoms with E-state index < -0.39 is 6.04 Å². The zero-order chi connectivity index (χ0) is 22.3. The summed E-state index contributed by atoms with van der Waals surface area (Å²) in [7, 11) is 0. The monoisotopic (exact) mass is 429 g/mol. The molecule has 0 unspecified atom stereocenters. The first-order chi connectivity index (χ1) is 15.6. The molecule has 160 valence electrons. The summed E-state index contributed by atoms with van der Waals surface area (Å²) in [5.74, 6) is -0.202. The molecule has 1 aromatic carbocycles. The minimum absolute atomic E-state index is 0.101. The summed E-state index contributed by atoms with van der Waals surface area (Å²) in [6.45, 7) is 0. The van der Waals surface area contributed by atoms with E-state index in [1.165, 1.54) is 18.2 Å². The van der Waals surface area contributed by atoms with Gasteiger partial charge in [0.05, 0.1) is 18.2 Å². The minimum atomic E-state index is -0.508. The standard InChI is InChI=1S/C24H20FN5O2/c25-18-6-4-16(5-7-18)21(29-22(31)14-19-3-1-2-10-27-19)13-20-15-23(32)30-24(28-20)17-8-11-26-12-9-17/h1-12,15,21H,13-14H2,(H,29,31)(H,28,30,32)/t21-/m1/s1. The Morgan fingerprint density at radius 3 is 2.50 bits per heavy atom. The molecule has 1 atom stereocenters. The number of amides is 1. The molecule has 32 heavy (non-hydrogen) atoms. The number of rotatable bonds is 7. The maximum absolute atomic E-state index is 13.5. The number of nitrogens with one attached hydrogen (secondary N) is 2. The minimum Gasteiger partial charge on any atom is -0.349 e. The van der Waals surface area contributed by atoms with Gasteiger partial charge in [-0.2, -0.15) is 0 Å². The zero-order valence-electron chi connectivity index (χ0n) is 17.0. The summed E-state index contributed by atoms with van der Waals surface area (Å²) < 4.78 is 13.5. The van der Waals surface area contributed by atoms with Crippen LogP contribution in [0, 0.1) is 5.82 Å². The number of pyridine rings is 2. The number of carbonyl (C=O) groups is 1. The first-order valence-electron chi connectivity index (χ1n) is 10.0. The highest BCUT2D eigenvalue weighted by molar-refractivity contribution is 5.78. The molecule has 0 aliphatic heterocycles. The molecular formula is C24H20FN5O2. The van der Waals surface area contributed by atoms with Gasteiger partial charge in [-0.25, -0.2) is 9.37 Å². The Bertz CT molecular complexity index is 1240. The molecule has 8 heteroatoms. The molecule has 0 aliphatic carbocycles. The van der Waals surface area contributed by atoms with Crippen molar-refractivity contribution in [2.24, 2.45) is 0 Å². The third-order valence-electron chi connectivity index (χ3n) is 4.84. The highest BCUT2D eigenvalue weighted by Crippen LogP contribution is 2.20. The van der Waals surface area contributed by atoms with Gasteiger partial charge in [0.25, 0.3) is 5.56 Å². The van der Waals surface area contributed by atoms with E-state index in [1.807, 2.05) is 6.07 Å². The molecule has 1 amide bonds. The first kappa shape index (κ1) is 21.0. The first-order valence-corrected chi connectivity index (χ1v) is 10.0. The van der Waals surface area contributed by atoms with Gasteiger partial charge < -0.3 is 10.3 Å². The van der Waals surface area contributed by atoms with Gasteiger partial charge in [-0.1, -0.05) is 18.2 Å². The molecule has 0 aliphatic rings. The number of hydrogen-bond acceptors (Lipinski definition) is 5. The topological polar surface area (TPSA) is 101 Å². The van der Waals surface area contributed by atoms with Crippen molar-refractivity contribution in [1.29, 1.82) is 0 Å². The second kappa shape index (κ2) is 9.74. The molecule has 0 spiro atoms. The maximum Gasteiger partial charge on any atom is 0.251 e. The van der Waals surface area contributed by atoms with Crippen molar-refractivity contribution in [3.05, 3.63) is 112 Å². The number of H-pyrrole nitrogens is 1. The van der Waals surface area contributed by atoms with Crippen LogP contribution in [-0.4, -0.2) is 25.8 Å². The number of benzene rings is 1. The molecule has 2 N–H and O–H groups in total. The summed E-state index contributed by atoms with van der Waals surface area (Å²) in [5, 5.41) is 2.96. The number of aromatic amines is 1. The second-order valence-corrected chi connectivity index (χ2v) is 7.19. The fourth-order valence-electron chi connectivity index (χ4n) is 3.33. The van der Waals surface area contributed by atoms with Crippen molar-refractivity contribution in [3.8, 4) is 11.4 Å². The van der Waals surface area contributed by atoms with Crippen LogP contribution < -0.4 is 10.9 Å². The Hall–Kier alpha value is -4.20. The Labute approximate surface area is 183 Å². The van der Waals surface area contributed by atoms with Gasteiger partial charge in [0.1, 0.15) is 11.6 Å². The smallest absolute Gasteiger partial charge is 0.251 e. The molecule has 0 saturated carbocycles. The number of hydrogen-bond donors (Lipinski definition) is 2. The van der Waals surface area contributed by atoms with Crippen molar-refractivity contribution in [2.75, 3.05) is 0 Å². The summed E-state index contributed by atoms with van der Waals surface area (Å²) in [5.41, 5.74) is 2.24. The quantitative estimate of drug-likeness (QED) is 0.470. The lowest BCUT2D eigenvalue weighted by atomic mass is 10.0. The molecule has 3 heterocycles. The van der Waals surface area contributed by atoms with E-state index in [2.05, 4.69) is 25.3 Å². The molecule has 0 fully saturated rings. The van der Waals surface area contributed by atoms with Crippen LogP contribution >= 0.6 is 0 Å². The molecular weight excluding hydrogens is 409 g/mol. The van der Waals surface area contributed by atoms with E-state index >= 15 is 0 Å². The van der Waals surface area contributed by atoms with Gasteiger partial charge in [-0.15, -0.1) is 0 Å². The van der Waals surface area contributed by atoms with Crippen molar-refractivity contribution < 1.29 is 9.18 Å². The Morgan fingerprint density at radius 2 is 1.78 bits per heavy atom. The van der Waals surface area contributed by atoms with E-state index in [9.17, 15) is 14.0 Å². The van der Waals surface area contributed by atoms with E-state index in [0.29, 0.717) is 22.8 Å².